The molecule has 0 aromatic heterocycles. The fourth-order valence-electron chi connectivity index (χ4n) is 4.59. The number of rotatable bonds is 11. The van der Waals surface area contributed by atoms with Crippen molar-refractivity contribution < 1.29 is 14.4 Å². The van der Waals surface area contributed by atoms with Crippen LogP contribution in [0.3, 0.4) is 0 Å². The summed E-state index contributed by atoms with van der Waals surface area (Å²) in [7, 11) is -3.25. The van der Waals surface area contributed by atoms with E-state index in [1.54, 1.807) is 0 Å². The highest BCUT2D eigenvalue weighted by Crippen LogP contribution is 2.55. The molecule has 0 saturated heterocycles. The van der Waals surface area contributed by atoms with E-state index in [2.05, 4.69) is 6.92 Å². The lowest BCUT2D eigenvalue weighted by Gasteiger charge is -2.34. The Balaban J connectivity index is 1.75. The summed E-state index contributed by atoms with van der Waals surface area (Å²) in [6, 6.07) is 38.9. The van der Waals surface area contributed by atoms with Crippen LogP contribution in [-0.4, -0.2) is 16.9 Å². The third-order valence-electron chi connectivity index (χ3n) is 6.54. The number of ether oxygens (including phenoxy) is 1. The predicted octanol–water partition coefficient (Wildman–Crippen LogP) is 6.49. The zero-order chi connectivity index (χ0) is 24.5. The van der Waals surface area contributed by atoms with E-state index >= 15 is 4.57 Å². The Hall–Kier alpha value is -2.97. The summed E-state index contributed by atoms with van der Waals surface area (Å²) in [5, 5.41) is 13.2. The highest BCUT2D eigenvalue weighted by atomic mass is 31.2. The van der Waals surface area contributed by atoms with Crippen LogP contribution in [-0.2, 0) is 15.9 Å². The average molecular weight is 485 g/mol. The van der Waals surface area contributed by atoms with Crippen LogP contribution in [0.5, 0.6) is 0 Å². The van der Waals surface area contributed by atoms with Gasteiger partial charge in [-0.3, -0.25) is 0 Å². The lowest BCUT2D eigenvalue weighted by Crippen LogP contribution is -2.34. The highest BCUT2D eigenvalue weighted by Gasteiger charge is 2.42. The van der Waals surface area contributed by atoms with Crippen LogP contribution in [0.2, 0.25) is 0 Å². The van der Waals surface area contributed by atoms with Crippen molar-refractivity contribution in [1.29, 1.82) is 0 Å². The molecule has 3 atom stereocenters. The SMILES string of the molecule is CC[C@H](C[C@@H]([C@@H](O)c1ccccc1)P(=O)(c1ccccc1)c1ccccc1)OCc1ccccc1. The fraction of sp³-hybridized carbons (Fsp3) is 0.226. The van der Waals surface area contributed by atoms with E-state index in [4.69, 9.17) is 4.74 Å². The molecule has 0 amide bonds. The van der Waals surface area contributed by atoms with Gasteiger partial charge in [-0.2, -0.15) is 0 Å². The predicted molar refractivity (Wildman–Crippen MR) is 145 cm³/mol. The number of benzene rings is 4. The molecule has 0 aliphatic heterocycles. The third kappa shape index (κ3) is 6.00. The van der Waals surface area contributed by atoms with E-state index in [-0.39, 0.29) is 6.10 Å². The maximum absolute atomic E-state index is 15.2. The first-order chi connectivity index (χ1) is 17.1. The van der Waals surface area contributed by atoms with Gasteiger partial charge in [0.05, 0.1) is 24.5 Å². The Morgan fingerprint density at radius 3 is 1.66 bits per heavy atom. The molecule has 0 saturated carbocycles. The highest BCUT2D eigenvalue weighted by molar-refractivity contribution is 7.79. The second-order valence-corrected chi connectivity index (χ2v) is 11.8. The van der Waals surface area contributed by atoms with Crippen molar-refractivity contribution in [2.75, 3.05) is 0 Å². The summed E-state index contributed by atoms with van der Waals surface area (Å²) >= 11 is 0. The smallest absolute Gasteiger partial charge is 0.149 e. The number of hydrogen-bond donors (Lipinski definition) is 1. The van der Waals surface area contributed by atoms with Gasteiger partial charge >= 0.3 is 0 Å². The molecule has 0 fully saturated rings. The maximum Gasteiger partial charge on any atom is 0.149 e. The summed E-state index contributed by atoms with van der Waals surface area (Å²) in [4.78, 5) is 0. The summed E-state index contributed by atoms with van der Waals surface area (Å²) in [6.07, 6.45) is 0.172. The van der Waals surface area contributed by atoms with Crippen LogP contribution >= 0.6 is 7.14 Å². The molecule has 0 radical (unpaired) electrons. The summed E-state index contributed by atoms with van der Waals surface area (Å²) in [6.45, 7) is 2.56. The minimum atomic E-state index is -3.25. The molecule has 1 N–H and O–H groups in total. The minimum Gasteiger partial charge on any atom is -0.388 e. The van der Waals surface area contributed by atoms with Crippen molar-refractivity contribution in [3.8, 4) is 0 Å². The molecule has 0 aliphatic rings. The molecular formula is C31H33O3P. The van der Waals surface area contributed by atoms with Gasteiger partial charge in [-0.05, 0) is 24.0 Å². The van der Waals surface area contributed by atoms with Crippen LogP contribution in [0.1, 0.15) is 37.0 Å². The Morgan fingerprint density at radius 2 is 1.17 bits per heavy atom. The quantitative estimate of drug-likeness (QED) is 0.248. The first-order valence-electron chi connectivity index (χ1n) is 12.2. The van der Waals surface area contributed by atoms with E-state index in [0.29, 0.717) is 13.0 Å². The van der Waals surface area contributed by atoms with Crippen molar-refractivity contribution in [1.82, 2.24) is 0 Å². The maximum atomic E-state index is 15.2. The standard InChI is InChI=1S/C31H33O3P/c1-2-27(34-24-25-15-7-3-8-16-25)23-30(31(32)26-17-9-4-10-18-26)35(33,28-19-11-5-12-20-28)29-21-13-6-14-22-29/h3-22,27,30-32H,2,23-24H2,1H3/t27-,30+,31+/m1/s1. The molecule has 0 heterocycles. The van der Waals surface area contributed by atoms with Crippen LogP contribution in [0.15, 0.2) is 121 Å². The molecule has 3 nitrogen and oxygen atoms in total. The largest absolute Gasteiger partial charge is 0.388 e. The molecule has 0 spiro atoms. The molecule has 4 rings (SSSR count). The number of hydrogen-bond acceptors (Lipinski definition) is 3. The van der Waals surface area contributed by atoms with Gasteiger partial charge in [0.15, 0.2) is 0 Å². The molecule has 35 heavy (non-hydrogen) atoms. The van der Waals surface area contributed by atoms with Crippen molar-refractivity contribution in [2.45, 2.75) is 44.2 Å². The molecule has 180 valence electrons. The topological polar surface area (TPSA) is 46.5 Å². The van der Waals surface area contributed by atoms with Crippen molar-refractivity contribution in [3.63, 3.8) is 0 Å². The van der Waals surface area contributed by atoms with Crippen molar-refractivity contribution in [2.24, 2.45) is 0 Å². The lowest BCUT2D eigenvalue weighted by atomic mass is 10.0. The molecular weight excluding hydrogens is 451 g/mol. The van der Waals surface area contributed by atoms with E-state index in [9.17, 15) is 5.11 Å². The average Bonchev–Trinajstić information content (AvgIpc) is 2.94. The van der Waals surface area contributed by atoms with Crippen LogP contribution in [0, 0.1) is 0 Å². The number of aliphatic hydroxyl groups is 1. The van der Waals surface area contributed by atoms with Crippen LogP contribution in [0.25, 0.3) is 0 Å². The van der Waals surface area contributed by atoms with Gasteiger partial charge in [0.1, 0.15) is 7.14 Å². The van der Waals surface area contributed by atoms with E-state index in [1.807, 2.05) is 121 Å². The molecule has 0 aliphatic carbocycles. The Labute approximate surface area is 208 Å². The van der Waals surface area contributed by atoms with Gasteiger partial charge in [-0.1, -0.05) is 128 Å². The molecule has 4 aromatic carbocycles. The van der Waals surface area contributed by atoms with Gasteiger partial charge in [0, 0.05) is 10.6 Å². The second kappa shape index (κ2) is 12.1. The monoisotopic (exact) mass is 484 g/mol. The second-order valence-electron chi connectivity index (χ2n) is 8.81. The van der Waals surface area contributed by atoms with E-state index < -0.39 is 18.9 Å². The zero-order valence-electron chi connectivity index (χ0n) is 20.1. The Bertz CT molecular complexity index is 1150. The van der Waals surface area contributed by atoms with Gasteiger partial charge in [-0.25, -0.2) is 0 Å². The molecule has 0 unspecified atom stereocenters. The van der Waals surface area contributed by atoms with Gasteiger partial charge in [0.25, 0.3) is 0 Å². The molecule has 4 heteroatoms. The van der Waals surface area contributed by atoms with Crippen molar-refractivity contribution >= 4 is 17.8 Å². The van der Waals surface area contributed by atoms with Gasteiger partial charge in [-0.15, -0.1) is 0 Å². The summed E-state index contributed by atoms with van der Waals surface area (Å²) < 4.78 is 21.6. The number of aliphatic hydroxyl groups excluding tert-OH is 1. The molecule has 4 aromatic rings. The van der Waals surface area contributed by atoms with E-state index in [0.717, 1.165) is 28.2 Å². The van der Waals surface area contributed by atoms with Gasteiger partial charge in [0.2, 0.25) is 0 Å². The normalized spacial score (nSPS) is 14.2. The molecule has 0 bridgehead atoms. The van der Waals surface area contributed by atoms with Crippen LogP contribution < -0.4 is 10.6 Å². The fourth-order valence-corrected chi connectivity index (χ4v) is 7.99. The minimum absolute atomic E-state index is 0.153. The first-order valence-corrected chi connectivity index (χ1v) is 14.0. The summed E-state index contributed by atoms with van der Waals surface area (Å²) in [5.74, 6) is 0. The lowest BCUT2D eigenvalue weighted by molar-refractivity contribution is 0.0227. The first kappa shape index (κ1) is 25.1. The third-order valence-corrected chi connectivity index (χ3v) is 10.1. The Morgan fingerprint density at radius 1 is 0.714 bits per heavy atom. The van der Waals surface area contributed by atoms with Crippen LogP contribution in [0.4, 0.5) is 0 Å². The van der Waals surface area contributed by atoms with E-state index in [1.165, 1.54) is 0 Å². The summed E-state index contributed by atoms with van der Waals surface area (Å²) in [5.41, 5.74) is 1.32. The van der Waals surface area contributed by atoms with Gasteiger partial charge < -0.3 is 14.4 Å². The Kier molecular flexibility index (Phi) is 8.71. The van der Waals surface area contributed by atoms with Crippen molar-refractivity contribution in [3.05, 3.63) is 132 Å². The zero-order valence-corrected chi connectivity index (χ0v) is 21.0.